The van der Waals surface area contributed by atoms with E-state index in [4.69, 9.17) is 0 Å². The molecule has 2 heterocycles. The molecule has 2 aliphatic rings. The first-order valence-corrected chi connectivity index (χ1v) is 6.65. The lowest BCUT2D eigenvalue weighted by atomic mass is 10.1. The third kappa shape index (κ3) is 3.17. The van der Waals surface area contributed by atoms with E-state index in [0.29, 0.717) is 12.6 Å². The number of rotatable bonds is 4. The molecule has 0 spiro atoms. The molecule has 0 saturated carbocycles. The van der Waals surface area contributed by atoms with Gasteiger partial charge in [0.05, 0.1) is 12.6 Å². The Morgan fingerprint density at radius 2 is 2.33 bits per heavy atom. The summed E-state index contributed by atoms with van der Waals surface area (Å²) in [4.78, 5) is 14.1. The molecule has 1 amide bonds. The predicted octanol–water partition coefficient (Wildman–Crippen LogP) is 0.584. The molecule has 0 aromatic carbocycles. The Morgan fingerprint density at radius 1 is 1.56 bits per heavy atom. The number of carbonyl (C=O) groups excluding carboxylic acids is 1. The molecule has 2 saturated heterocycles. The Hall–Kier alpha value is -0.750. The first kappa shape index (κ1) is 13.7. The fourth-order valence-electron chi connectivity index (χ4n) is 2.79. The van der Waals surface area contributed by atoms with Crippen LogP contribution >= 0.6 is 0 Å². The zero-order valence-electron chi connectivity index (χ0n) is 10.7. The molecule has 2 atom stereocenters. The SMILES string of the molecule is CCN1CCCC1CNC(=O)C1CC(F)(F)CN1. The number of amides is 1. The van der Waals surface area contributed by atoms with Crippen molar-refractivity contribution < 1.29 is 13.6 Å². The Morgan fingerprint density at radius 3 is 2.94 bits per heavy atom. The number of likely N-dealkylation sites (tertiary alicyclic amines) is 1. The van der Waals surface area contributed by atoms with E-state index in [0.717, 1.165) is 25.9 Å². The van der Waals surface area contributed by atoms with Crippen LogP contribution in [0.3, 0.4) is 0 Å². The van der Waals surface area contributed by atoms with Gasteiger partial charge in [-0.1, -0.05) is 6.92 Å². The molecular formula is C12H21F2N3O. The van der Waals surface area contributed by atoms with E-state index in [1.165, 1.54) is 0 Å². The van der Waals surface area contributed by atoms with Crippen LogP contribution in [0.5, 0.6) is 0 Å². The number of alkyl halides is 2. The average molecular weight is 261 g/mol. The van der Waals surface area contributed by atoms with Gasteiger partial charge < -0.3 is 5.32 Å². The topological polar surface area (TPSA) is 44.4 Å². The fourth-order valence-corrected chi connectivity index (χ4v) is 2.79. The Kier molecular flexibility index (Phi) is 4.17. The highest BCUT2D eigenvalue weighted by Crippen LogP contribution is 2.25. The molecule has 0 aromatic heterocycles. The molecule has 6 heteroatoms. The summed E-state index contributed by atoms with van der Waals surface area (Å²) in [5.41, 5.74) is 0. The van der Waals surface area contributed by atoms with E-state index in [1.807, 2.05) is 0 Å². The van der Waals surface area contributed by atoms with E-state index in [-0.39, 0.29) is 12.3 Å². The van der Waals surface area contributed by atoms with Gasteiger partial charge in [-0.15, -0.1) is 0 Å². The van der Waals surface area contributed by atoms with Crippen LogP contribution in [0.25, 0.3) is 0 Å². The lowest BCUT2D eigenvalue weighted by molar-refractivity contribution is -0.123. The summed E-state index contributed by atoms with van der Waals surface area (Å²) < 4.78 is 25.9. The molecule has 104 valence electrons. The predicted molar refractivity (Wildman–Crippen MR) is 64.6 cm³/mol. The van der Waals surface area contributed by atoms with Crippen molar-refractivity contribution in [3.8, 4) is 0 Å². The normalized spacial score (nSPS) is 31.7. The smallest absolute Gasteiger partial charge is 0.262 e. The van der Waals surface area contributed by atoms with Crippen LogP contribution < -0.4 is 10.6 Å². The van der Waals surface area contributed by atoms with Crippen molar-refractivity contribution in [2.24, 2.45) is 0 Å². The first-order chi connectivity index (χ1) is 8.52. The van der Waals surface area contributed by atoms with Gasteiger partial charge in [-0.2, -0.15) is 0 Å². The van der Waals surface area contributed by atoms with Crippen molar-refractivity contribution in [2.75, 3.05) is 26.2 Å². The standard InChI is InChI=1S/C12H21F2N3O/c1-2-17-5-3-4-9(17)7-15-11(18)10-6-12(13,14)8-16-10/h9-10,16H,2-8H2,1H3,(H,15,18). The molecular weight excluding hydrogens is 240 g/mol. The molecule has 0 radical (unpaired) electrons. The minimum absolute atomic E-state index is 0.296. The lowest BCUT2D eigenvalue weighted by Crippen LogP contribution is -2.46. The quantitative estimate of drug-likeness (QED) is 0.778. The third-order valence-electron chi connectivity index (χ3n) is 3.84. The molecule has 2 aliphatic heterocycles. The van der Waals surface area contributed by atoms with Crippen LogP contribution in [0.2, 0.25) is 0 Å². The second-order valence-electron chi connectivity index (χ2n) is 5.16. The Balaban J connectivity index is 1.75. The average Bonchev–Trinajstić information content (AvgIpc) is 2.91. The van der Waals surface area contributed by atoms with Crippen molar-refractivity contribution in [1.82, 2.24) is 15.5 Å². The van der Waals surface area contributed by atoms with Gasteiger partial charge >= 0.3 is 0 Å². The van der Waals surface area contributed by atoms with Gasteiger partial charge in [0, 0.05) is 19.0 Å². The van der Waals surface area contributed by atoms with Crippen molar-refractivity contribution in [3.63, 3.8) is 0 Å². The highest BCUT2D eigenvalue weighted by molar-refractivity contribution is 5.82. The molecule has 2 fully saturated rings. The summed E-state index contributed by atoms with van der Waals surface area (Å²) in [6.45, 7) is 4.31. The Labute approximate surface area is 106 Å². The van der Waals surface area contributed by atoms with Gasteiger partial charge in [-0.3, -0.25) is 15.0 Å². The number of hydrogen-bond acceptors (Lipinski definition) is 3. The van der Waals surface area contributed by atoms with E-state index in [2.05, 4.69) is 22.5 Å². The van der Waals surface area contributed by atoms with Gasteiger partial charge in [0.15, 0.2) is 0 Å². The zero-order chi connectivity index (χ0) is 13.2. The largest absolute Gasteiger partial charge is 0.353 e. The van der Waals surface area contributed by atoms with Crippen LogP contribution in [0.1, 0.15) is 26.2 Å². The lowest BCUT2D eigenvalue weighted by Gasteiger charge is -2.23. The van der Waals surface area contributed by atoms with Crippen LogP contribution in [0.15, 0.2) is 0 Å². The van der Waals surface area contributed by atoms with Gasteiger partial charge in [-0.05, 0) is 25.9 Å². The zero-order valence-corrected chi connectivity index (χ0v) is 10.7. The summed E-state index contributed by atoms with van der Waals surface area (Å²) >= 11 is 0. The van der Waals surface area contributed by atoms with Gasteiger partial charge in [-0.25, -0.2) is 8.78 Å². The van der Waals surface area contributed by atoms with Gasteiger partial charge in [0.1, 0.15) is 0 Å². The van der Waals surface area contributed by atoms with Crippen LogP contribution in [-0.2, 0) is 4.79 Å². The summed E-state index contributed by atoms with van der Waals surface area (Å²) in [5, 5.41) is 5.36. The number of likely N-dealkylation sites (N-methyl/N-ethyl adjacent to an activating group) is 1. The Bertz CT molecular complexity index is 312. The van der Waals surface area contributed by atoms with Crippen molar-refractivity contribution in [3.05, 3.63) is 0 Å². The van der Waals surface area contributed by atoms with Crippen LogP contribution in [-0.4, -0.2) is 55.0 Å². The molecule has 2 N–H and O–H groups in total. The maximum absolute atomic E-state index is 13.0. The monoisotopic (exact) mass is 261 g/mol. The maximum Gasteiger partial charge on any atom is 0.262 e. The maximum atomic E-state index is 13.0. The molecule has 4 nitrogen and oxygen atoms in total. The summed E-state index contributed by atoms with van der Waals surface area (Å²) in [6, 6.07) is -0.377. The second kappa shape index (κ2) is 5.48. The molecule has 0 aromatic rings. The minimum Gasteiger partial charge on any atom is -0.353 e. The second-order valence-corrected chi connectivity index (χ2v) is 5.16. The van der Waals surface area contributed by atoms with E-state index < -0.39 is 18.5 Å². The van der Waals surface area contributed by atoms with Crippen molar-refractivity contribution in [1.29, 1.82) is 0 Å². The number of nitrogens with zero attached hydrogens (tertiary/aromatic N) is 1. The molecule has 18 heavy (non-hydrogen) atoms. The number of carbonyl (C=O) groups is 1. The third-order valence-corrected chi connectivity index (χ3v) is 3.84. The summed E-state index contributed by atoms with van der Waals surface area (Å²) in [6.07, 6.45) is 1.83. The highest BCUT2D eigenvalue weighted by Gasteiger charge is 2.42. The fraction of sp³-hybridized carbons (Fsp3) is 0.917. The highest BCUT2D eigenvalue weighted by atomic mass is 19.3. The molecule has 0 aliphatic carbocycles. The molecule has 2 rings (SSSR count). The van der Waals surface area contributed by atoms with E-state index >= 15 is 0 Å². The van der Waals surface area contributed by atoms with E-state index in [9.17, 15) is 13.6 Å². The number of hydrogen-bond donors (Lipinski definition) is 2. The first-order valence-electron chi connectivity index (χ1n) is 6.65. The summed E-state index contributed by atoms with van der Waals surface area (Å²) in [7, 11) is 0. The number of nitrogens with one attached hydrogen (secondary N) is 2. The van der Waals surface area contributed by atoms with Gasteiger partial charge in [0.2, 0.25) is 5.91 Å². The van der Waals surface area contributed by atoms with Crippen molar-refractivity contribution >= 4 is 5.91 Å². The minimum atomic E-state index is -2.75. The van der Waals surface area contributed by atoms with Crippen LogP contribution in [0, 0.1) is 0 Å². The van der Waals surface area contributed by atoms with Crippen LogP contribution in [0.4, 0.5) is 8.78 Å². The van der Waals surface area contributed by atoms with E-state index in [1.54, 1.807) is 0 Å². The summed E-state index contributed by atoms with van der Waals surface area (Å²) in [5.74, 6) is -3.04. The molecule has 0 bridgehead atoms. The number of halogens is 2. The van der Waals surface area contributed by atoms with Crippen molar-refractivity contribution in [2.45, 2.75) is 44.2 Å². The molecule has 2 unspecified atom stereocenters. The van der Waals surface area contributed by atoms with Gasteiger partial charge in [0.25, 0.3) is 5.92 Å².